The normalized spacial score (nSPS) is 17.3. The Kier molecular flexibility index (Phi) is 6.86. The van der Waals surface area contributed by atoms with E-state index in [-0.39, 0.29) is 6.10 Å². The summed E-state index contributed by atoms with van der Waals surface area (Å²) in [6.45, 7) is 3.99. The minimum atomic E-state index is -0.746. The molecule has 0 bridgehead atoms. The molecular formula is C21H25NO6. The quantitative estimate of drug-likeness (QED) is 0.642. The first-order valence-corrected chi connectivity index (χ1v) is 9.25. The molecule has 0 aromatic heterocycles. The van der Waals surface area contributed by atoms with Crippen molar-refractivity contribution in [2.75, 3.05) is 26.4 Å². The first-order valence-electron chi connectivity index (χ1n) is 9.25. The molecule has 150 valence electrons. The van der Waals surface area contributed by atoms with Crippen molar-refractivity contribution in [1.29, 1.82) is 0 Å². The van der Waals surface area contributed by atoms with E-state index in [2.05, 4.69) is 0 Å². The number of carbonyl (C=O) groups excluding carboxylic acids is 1. The molecule has 7 heteroatoms. The lowest BCUT2D eigenvalue weighted by Crippen LogP contribution is -2.16. The van der Waals surface area contributed by atoms with Crippen molar-refractivity contribution in [2.24, 2.45) is 5.73 Å². The summed E-state index contributed by atoms with van der Waals surface area (Å²) in [7, 11) is 0. The van der Waals surface area contributed by atoms with Gasteiger partial charge in [-0.25, -0.2) is 0 Å². The van der Waals surface area contributed by atoms with E-state index in [1.165, 1.54) is 6.07 Å². The summed E-state index contributed by atoms with van der Waals surface area (Å²) < 4.78 is 22.4. The van der Waals surface area contributed by atoms with Gasteiger partial charge in [0, 0.05) is 17.7 Å². The lowest BCUT2D eigenvalue weighted by molar-refractivity contribution is 0.0265. The molecule has 2 atom stereocenters. The maximum atomic E-state index is 11.4. The minimum absolute atomic E-state index is 0.165. The molecule has 3 rings (SSSR count). The second-order valence-corrected chi connectivity index (χ2v) is 6.57. The topological polar surface area (TPSA) is 100 Å². The highest BCUT2D eigenvalue weighted by molar-refractivity contribution is 5.93. The Bertz CT molecular complexity index is 784. The van der Waals surface area contributed by atoms with Crippen molar-refractivity contribution in [3.8, 4) is 17.2 Å². The van der Waals surface area contributed by atoms with Crippen LogP contribution in [-0.2, 0) is 9.47 Å². The number of primary amides is 1. The molecule has 2 aromatic carbocycles. The monoisotopic (exact) mass is 387 g/mol. The molecule has 1 amide bonds. The number of aliphatic hydroxyl groups excluding tert-OH is 1. The Morgan fingerprint density at radius 2 is 1.96 bits per heavy atom. The Labute approximate surface area is 164 Å². The largest absolute Gasteiger partial charge is 0.491 e. The van der Waals surface area contributed by atoms with Gasteiger partial charge >= 0.3 is 0 Å². The van der Waals surface area contributed by atoms with E-state index >= 15 is 0 Å². The van der Waals surface area contributed by atoms with Crippen molar-refractivity contribution in [2.45, 2.75) is 25.6 Å². The summed E-state index contributed by atoms with van der Waals surface area (Å²) in [5.74, 6) is 1.07. The zero-order valence-electron chi connectivity index (χ0n) is 15.8. The van der Waals surface area contributed by atoms with Crippen LogP contribution in [0.5, 0.6) is 17.2 Å². The van der Waals surface area contributed by atoms with Crippen molar-refractivity contribution in [3.05, 3.63) is 53.6 Å². The van der Waals surface area contributed by atoms with Gasteiger partial charge in [-0.2, -0.15) is 0 Å². The van der Waals surface area contributed by atoms with Crippen LogP contribution < -0.4 is 15.2 Å². The number of carbonyl (C=O) groups is 1. The summed E-state index contributed by atoms with van der Waals surface area (Å²) in [4.78, 5) is 11.4. The van der Waals surface area contributed by atoms with Crippen LogP contribution in [0, 0.1) is 0 Å². The van der Waals surface area contributed by atoms with Crippen LogP contribution in [0.25, 0.3) is 0 Å². The third-order valence-electron chi connectivity index (χ3n) is 4.39. The van der Waals surface area contributed by atoms with E-state index in [4.69, 9.17) is 24.7 Å². The number of ether oxygens (including phenoxy) is 4. The molecule has 7 nitrogen and oxygen atoms in total. The molecule has 0 saturated carbocycles. The maximum absolute atomic E-state index is 11.4. The average molecular weight is 387 g/mol. The third kappa shape index (κ3) is 5.45. The van der Waals surface area contributed by atoms with Gasteiger partial charge < -0.3 is 29.8 Å². The number of hydrogen-bond donors (Lipinski definition) is 2. The van der Waals surface area contributed by atoms with Crippen LogP contribution in [0.2, 0.25) is 0 Å². The van der Waals surface area contributed by atoms with Crippen LogP contribution in [0.3, 0.4) is 0 Å². The zero-order valence-corrected chi connectivity index (χ0v) is 15.8. The highest BCUT2D eigenvalue weighted by Crippen LogP contribution is 2.31. The SMILES string of the molecule is CC(O)c1ccc(C(N)=O)cc1Oc1ccc(OCCO[C@H]2CCOC2)cc1. The van der Waals surface area contributed by atoms with E-state index in [1.54, 1.807) is 43.3 Å². The number of rotatable bonds is 9. The van der Waals surface area contributed by atoms with Crippen molar-refractivity contribution in [1.82, 2.24) is 0 Å². The molecule has 1 saturated heterocycles. The van der Waals surface area contributed by atoms with Gasteiger partial charge in [0.05, 0.1) is 25.4 Å². The fraction of sp³-hybridized carbons (Fsp3) is 0.381. The van der Waals surface area contributed by atoms with Gasteiger partial charge in [-0.1, -0.05) is 6.07 Å². The molecule has 28 heavy (non-hydrogen) atoms. The summed E-state index contributed by atoms with van der Waals surface area (Å²) in [6.07, 6.45) is 0.348. The summed E-state index contributed by atoms with van der Waals surface area (Å²) in [5.41, 5.74) is 6.21. The molecule has 1 aliphatic heterocycles. The Balaban J connectivity index is 1.57. The Hall–Kier alpha value is -2.61. The number of aliphatic hydroxyl groups is 1. The Morgan fingerprint density at radius 1 is 1.21 bits per heavy atom. The number of hydrogen-bond acceptors (Lipinski definition) is 6. The highest BCUT2D eigenvalue weighted by atomic mass is 16.6. The molecular weight excluding hydrogens is 362 g/mol. The fourth-order valence-electron chi connectivity index (χ4n) is 2.87. The van der Waals surface area contributed by atoms with E-state index in [0.29, 0.717) is 48.2 Å². The van der Waals surface area contributed by atoms with Gasteiger partial charge in [0.15, 0.2) is 0 Å². The maximum Gasteiger partial charge on any atom is 0.248 e. The van der Waals surface area contributed by atoms with Gasteiger partial charge in [-0.15, -0.1) is 0 Å². The molecule has 1 aliphatic rings. The van der Waals surface area contributed by atoms with E-state index < -0.39 is 12.0 Å². The lowest BCUT2D eigenvalue weighted by atomic mass is 10.1. The second-order valence-electron chi connectivity index (χ2n) is 6.57. The van der Waals surface area contributed by atoms with Crippen LogP contribution in [-0.4, -0.2) is 43.5 Å². The molecule has 0 radical (unpaired) electrons. The third-order valence-corrected chi connectivity index (χ3v) is 4.39. The predicted octanol–water partition coefficient (Wildman–Crippen LogP) is 2.82. The van der Waals surface area contributed by atoms with Crippen LogP contribution in [0.15, 0.2) is 42.5 Å². The van der Waals surface area contributed by atoms with E-state index in [9.17, 15) is 9.90 Å². The van der Waals surface area contributed by atoms with Crippen LogP contribution in [0.1, 0.15) is 35.4 Å². The summed E-state index contributed by atoms with van der Waals surface area (Å²) in [5, 5.41) is 9.92. The van der Waals surface area contributed by atoms with E-state index in [1.807, 2.05) is 0 Å². The van der Waals surface area contributed by atoms with Crippen molar-refractivity contribution in [3.63, 3.8) is 0 Å². The Morgan fingerprint density at radius 3 is 2.61 bits per heavy atom. The predicted molar refractivity (Wildman–Crippen MR) is 103 cm³/mol. The molecule has 0 aliphatic carbocycles. The first kappa shape index (κ1) is 20.1. The molecule has 0 spiro atoms. The zero-order chi connectivity index (χ0) is 19.9. The van der Waals surface area contributed by atoms with Gasteiger partial charge in [-0.05, 0) is 49.7 Å². The van der Waals surface area contributed by atoms with Gasteiger partial charge in [0.1, 0.15) is 23.9 Å². The molecule has 3 N–H and O–H groups in total. The van der Waals surface area contributed by atoms with Crippen LogP contribution in [0.4, 0.5) is 0 Å². The molecule has 1 unspecified atom stereocenters. The van der Waals surface area contributed by atoms with Crippen LogP contribution >= 0.6 is 0 Å². The summed E-state index contributed by atoms with van der Waals surface area (Å²) >= 11 is 0. The second kappa shape index (κ2) is 9.54. The number of benzene rings is 2. The number of amides is 1. The lowest BCUT2D eigenvalue weighted by Gasteiger charge is -2.15. The average Bonchev–Trinajstić information content (AvgIpc) is 3.19. The number of nitrogens with two attached hydrogens (primary N) is 1. The highest BCUT2D eigenvalue weighted by Gasteiger charge is 2.16. The molecule has 2 aromatic rings. The van der Waals surface area contributed by atoms with Gasteiger partial charge in [0.25, 0.3) is 0 Å². The van der Waals surface area contributed by atoms with Gasteiger partial charge in [-0.3, -0.25) is 4.79 Å². The van der Waals surface area contributed by atoms with Crippen molar-refractivity contribution >= 4 is 5.91 Å². The fourth-order valence-corrected chi connectivity index (χ4v) is 2.87. The van der Waals surface area contributed by atoms with E-state index in [0.717, 1.165) is 13.0 Å². The first-order chi connectivity index (χ1) is 13.5. The molecule has 1 heterocycles. The molecule has 1 fully saturated rings. The minimum Gasteiger partial charge on any atom is -0.491 e. The smallest absolute Gasteiger partial charge is 0.248 e. The standard InChI is InChI=1S/C21H25NO6/c1-14(23)19-7-2-15(21(22)24)12-20(19)28-17-5-3-16(4-6-17)26-10-11-27-18-8-9-25-13-18/h2-7,12,14,18,23H,8-11,13H2,1H3,(H2,22,24)/t14?,18-/m0/s1. The van der Waals surface area contributed by atoms with Gasteiger partial charge in [0.2, 0.25) is 5.91 Å². The summed E-state index contributed by atoms with van der Waals surface area (Å²) in [6, 6.07) is 11.8. The van der Waals surface area contributed by atoms with Crippen molar-refractivity contribution < 1.29 is 28.8 Å².